The van der Waals surface area contributed by atoms with Gasteiger partial charge in [-0.3, -0.25) is 4.57 Å². The van der Waals surface area contributed by atoms with Crippen molar-refractivity contribution in [3.05, 3.63) is 288 Å². The molecular weight excluding hydrogens is 925 g/mol. The minimum absolute atomic E-state index is 0.0686. The zero-order valence-electron chi connectivity index (χ0n) is 41.1. The molecule has 0 saturated heterocycles. The monoisotopic (exact) mass is 968 g/mol. The molecule has 0 radical (unpaired) electrons. The van der Waals surface area contributed by atoms with Crippen molar-refractivity contribution in [2.45, 2.75) is 17.4 Å². The van der Waals surface area contributed by atoms with E-state index in [0.717, 1.165) is 39.1 Å². The zero-order chi connectivity index (χ0) is 49.6. The van der Waals surface area contributed by atoms with E-state index < -0.39 is 5.41 Å². The van der Waals surface area contributed by atoms with E-state index in [1.165, 1.54) is 83.1 Å². The van der Waals surface area contributed by atoms with Crippen molar-refractivity contribution in [2.75, 3.05) is 4.90 Å². The minimum atomic E-state index is -0.629. The lowest BCUT2D eigenvalue weighted by Crippen LogP contribution is -2.26. The summed E-state index contributed by atoms with van der Waals surface area (Å²) < 4.78 is 4.79. The van der Waals surface area contributed by atoms with E-state index in [1.54, 1.807) is 0 Å². The summed E-state index contributed by atoms with van der Waals surface area (Å²) in [4.78, 5) is 19.2. The molecule has 354 valence electrons. The number of hydrogen-bond donors (Lipinski definition) is 0. The van der Waals surface area contributed by atoms with Crippen LogP contribution in [0.5, 0.6) is 0 Å². The number of anilines is 2. The number of nitrogens with zero attached hydrogens (tertiary/aromatic N) is 6. The van der Waals surface area contributed by atoms with E-state index in [-0.39, 0.29) is 12.0 Å². The van der Waals surface area contributed by atoms with Gasteiger partial charge in [-0.15, -0.1) is 0 Å². The Balaban J connectivity index is 0.911. The van der Waals surface area contributed by atoms with Crippen LogP contribution in [0.2, 0.25) is 0 Å². The maximum Gasteiger partial charge on any atom is 0.238 e. The molecule has 1 aliphatic heterocycles. The summed E-state index contributed by atoms with van der Waals surface area (Å²) in [5.41, 5.74) is 21.8. The van der Waals surface area contributed by atoms with Gasteiger partial charge in [0.2, 0.25) is 5.95 Å². The molecule has 1 spiro atoms. The molecule has 10 aromatic carbocycles. The highest BCUT2D eigenvalue weighted by Crippen LogP contribution is 2.64. The molecule has 0 N–H and O–H groups in total. The quantitative estimate of drug-likeness (QED) is 0.172. The third-order valence-corrected chi connectivity index (χ3v) is 16.9. The summed E-state index contributed by atoms with van der Waals surface area (Å²) >= 11 is 0. The predicted molar refractivity (Wildman–Crippen MR) is 308 cm³/mol. The summed E-state index contributed by atoms with van der Waals surface area (Å²) in [5.74, 6) is 1.93. The molecule has 0 fully saturated rings. The first-order valence-corrected chi connectivity index (χ1v) is 26.3. The molecule has 4 aliphatic rings. The third-order valence-electron chi connectivity index (χ3n) is 16.9. The Morgan fingerprint density at radius 3 is 1.63 bits per heavy atom. The SMILES string of the molecule is C1=CC2c3ccccc3N(c3ccccc3)C2c2c1c1ccccc1n2-c1nc(-c2ccccc2)nc(-c2ccc3c(c2)C2(c4ccccc4-3)c3ccccc3-c3ccc(-n4c5ccccc5c5ccccc54)cc32)n1. The summed E-state index contributed by atoms with van der Waals surface area (Å²) in [7, 11) is 0. The number of aromatic nitrogens is 5. The number of para-hydroxylation sites is 5. The van der Waals surface area contributed by atoms with Crippen LogP contribution in [-0.2, 0) is 5.41 Å². The van der Waals surface area contributed by atoms with E-state index in [4.69, 9.17) is 15.0 Å². The first kappa shape index (κ1) is 41.6. The van der Waals surface area contributed by atoms with E-state index in [0.29, 0.717) is 17.6 Å². The fraction of sp³-hybridized carbons (Fsp3) is 0.0429. The van der Waals surface area contributed by atoms with Gasteiger partial charge in [-0.1, -0.05) is 200 Å². The molecule has 0 saturated carbocycles. The molecule has 0 bridgehead atoms. The van der Waals surface area contributed by atoms with Crippen LogP contribution in [0.4, 0.5) is 11.4 Å². The van der Waals surface area contributed by atoms with E-state index in [2.05, 4.69) is 263 Å². The number of fused-ring (bicyclic) bond motifs is 20. The van der Waals surface area contributed by atoms with Crippen LogP contribution in [0, 0.1) is 0 Å². The molecule has 4 heterocycles. The summed E-state index contributed by atoms with van der Waals surface area (Å²) in [6.45, 7) is 0. The number of benzene rings is 10. The molecule has 3 aromatic heterocycles. The van der Waals surface area contributed by atoms with Crippen LogP contribution in [0.25, 0.3) is 95.5 Å². The molecule has 17 rings (SSSR count). The second-order valence-electron chi connectivity index (χ2n) is 20.6. The lowest BCUT2D eigenvalue weighted by Gasteiger charge is -2.33. The standard InChI is InChI=1S/C70H44N6/c1-3-19-43(20-4-1)67-71-68(73-69(72-67)76-64-34-18-12-28-54(64)56-40-39-55-53-27-11-17-33-63(53)75(65(55)66(56)76)45-21-5-2-6-22-45)44-35-37-49-47-23-7-13-29-57(47)70(59(49)41-44)58-30-14-8-24-48(58)50-38-36-46(42-60(50)70)74-61-31-15-9-25-51(61)52-26-10-16-32-62(52)74/h1-42,55,65H. The molecule has 13 aromatic rings. The second kappa shape index (κ2) is 15.6. The van der Waals surface area contributed by atoms with Gasteiger partial charge in [0, 0.05) is 55.8 Å². The average Bonchev–Trinajstić information content (AvgIpc) is 4.08. The van der Waals surface area contributed by atoms with Crippen molar-refractivity contribution < 1.29 is 0 Å². The topological polar surface area (TPSA) is 51.8 Å². The summed E-state index contributed by atoms with van der Waals surface area (Å²) in [5, 5.41) is 3.65. The predicted octanol–water partition coefficient (Wildman–Crippen LogP) is 16.6. The fourth-order valence-corrected chi connectivity index (χ4v) is 13.9. The zero-order valence-corrected chi connectivity index (χ0v) is 41.1. The van der Waals surface area contributed by atoms with Crippen LogP contribution in [0.1, 0.15) is 51.0 Å². The highest BCUT2D eigenvalue weighted by molar-refractivity contribution is 6.09. The average molecular weight is 969 g/mol. The van der Waals surface area contributed by atoms with Crippen molar-refractivity contribution in [1.29, 1.82) is 0 Å². The Labute approximate surface area is 438 Å². The van der Waals surface area contributed by atoms with Crippen molar-refractivity contribution >= 4 is 50.2 Å². The Hall–Kier alpha value is -9.91. The third kappa shape index (κ3) is 5.51. The van der Waals surface area contributed by atoms with Gasteiger partial charge in [0.15, 0.2) is 11.6 Å². The highest BCUT2D eigenvalue weighted by Gasteiger charge is 2.52. The maximum absolute atomic E-state index is 5.67. The molecular formula is C70H44N6. The summed E-state index contributed by atoms with van der Waals surface area (Å²) in [6.07, 6.45) is 4.74. The molecule has 3 aliphatic carbocycles. The molecule has 76 heavy (non-hydrogen) atoms. The largest absolute Gasteiger partial charge is 0.331 e. The van der Waals surface area contributed by atoms with Crippen molar-refractivity contribution in [1.82, 2.24) is 24.1 Å². The second-order valence-corrected chi connectivity index (χ2v) is 20.6. The van der Waals surface area contributed by atoms with Gasteiger partial charge < -0.3 is 9.47 Å². The number of hydrogen-bond acceptors (Lipinski definition) is 4. The van der Waals surface area contributed by atoms with Gasteiger partial charge in [-0.05, 0) is 105 Å². The van der Waals surface area contributed by atoms with Crippen LogP contribution in [-0.4, -0.2) is 24.1 Å². The van der Waals surface area contributed by atoms with Crippen LogP contribution >= 0.6 is 0 Å². The molecule has 3 unspecified atom stereocenters. The van der Waals surface area contributed by atoms with E-state index >= 15 is 0 Å². The van der Waals surface area contributed by atoms with Crippen LogP contribution in [0.15, 0.2) is 249 Å². The van der Waals surface area contributed by atoms with Gasteiger partial charge in [-0.2, -0.15) is 9.97 Å². The first-order valence-electron chi connectivity index (χ1n) is 26.3. The Morgan fingerprint density at radius 2 is 0.921 bits per heavy atom. The normalized spacial score (nSPS) is 17.2. The van der Waals surface area contributed by atoms with Crippen molar-refractivity contribution in [3.8, 4) is 56.7 Å². The smallest absolute Gasteiger partial charge is 0.238 e. The van der Waals surface area contributed by atoms with Gasteiger partial charge >= 0.3 is 0 Å². The van der Waals surface area contributed by atoms with E-state index in [1.807, 2.05) is 6.07 Å². The Morgan fingerprint density at radius 1 is 0.382 bits per heavy atom. The Bertz CT molecular complexity index is 4560. The molecule has 3 atom stereocenters. The molecule has 0 amide bonds. The Kier molecular flexibility index (Phi) is 8.51. The lowest BCUT2D eigenvalue weighted by molar-refractivity contribution is 0.630. The first-order chi connectivity index (χ1) is 37.7. The number of rotatable bonds is 5. The molecule has 6 heteroatoms. The van der Waals surface area contributed by atoms with Gasteiger partial charge in [0.1, 0.15) is 0 Å². The van der Waals surface area contributed by atoms with Crippen LogP contribution < -0.4 is 4.90 Å². The van der Waals surface area contributed by atoms with Crippen molar-refractivity contribution in [2.24, 2.45) is 0 Å². The van der Waals surface area contributed by atoms with Gasteiger partial charge in [0.25, 0.3) is 0 Å². The minimum Gasteiger partial charge on any atom is -0.331 e. The van der Waals surface area contributed by atoms with Gasteiger partial charge in [-0.25, -0.2) is 4.98 Å². The fourth-order valence-electron chi connectivity index (χ4n) is 13.9. The summed E-state index contributed by atoms with van der Waals surface area (Å²) in [6, 6.07) is 88.5. The van der Waals surface area contributed by atoms with Crippen LogP contribution in [0.3, 0.4) is 0 Å². The van der Waals surface area contributed by atoms with Crippen molar-refractivity contribution in [3.63, 3.8) is 0 Å². The lowest BCUT2D eigenvalue weighted by atomic mass is 9.70. The van der Waals surface area contributed by atoms with Gasteiger partial charge in [0.05, 0.1) is 33.7 Å². The maximum atomic E-state index is 5.67. The molecule has 6 nitrogen and oxygen atoms in total. The van der Waals surface area contributed by atoms with E-state index in [9.17, 15) is 0 Å². The highest BCUT2D eigenvalue weighted by atomic mass is 15.3.